The summed E-state index contributed by atoms with van der Waals surface area (Å²) in [6.45, 7) is 7.00. The van der Waals surface area contributed by atoms with Gasteiger partial charge in [-0.2, -0.15) is 0 Å². The SMILES string of the molecule is CCC(CC)(CC)NCC(=O)NC1CC1. The lowest BCUT2D eigenvalue weighted by Gasteiger charge is -2.31. The first-order valence-corrected chi connectivity index (χ1v) is 6.20. The lowest BCUT2D eigenvalue weighted by Crippen LogP contribution is -2.48. The molecule has 3 heteroatoms. The number of nitrogens with one attached hydrogen (secondary N) is 2. The minimum Gasteiger partial charge on any atom is -0.352 e. The van der Waals surface area contributed by atoms with Crippen LogP contribution in [0.2, 0.25) is 0 Å². The lowest BCUT2D eigenvalue weighted by molar-refractivity contribution is -0.120. The molecule has 0 saturated heterocycles. The van der Waals surface area contributed by atoms with E-state index >= 15 is 0 Å². The Morgan fingerprint density at radius 2 is 1.73 bits per heavy atom. The molecule has 88 valence electrons. The van der Waals surface area contributed by atoms with Crippen LogP contribution in [0.4, 0.5) is 0 Å². The molecular formula is C12H24N2O. The van der Waals surface area contributed by atoms with Crippen molar-refractivity contribution >= 4 is 5.91 Å². The molecule has 0 radical (unpaired) electrons. The van der Waals surface area contributed by atoms with Crippen molar-refractivity contribution in [1.82, 2.24) is 10.6 Å². The molecule has 0 aromatic carbocycles. The number of carbonyl (C=O) groups excluding carboxylic acids is 1. The topological polar surface area (TPSA) is 41.1 Å². The second kappa shape index (κ2) is 5.50. The van der Waals surface area contributed by atoms with Crippen LogP contribution in [0.3, 0.4) is 0 Å². The fourth-order valence-corrected chi connectivity index (χ4v) is 1.90. The van der Waals surface area contributed by atoms with Crippen molar-refractivity contribution in [3.63, 3.8) is 0 Å². The second-order valence-corrected chi connectivity index (χ2v) is 4.54. The van der Waals surface area contributed by atoms with Crippen molar-refractivity contribution < 1.29 is 4.79 Å². The number of carbonyl (C=O) groups is 1. The monoisotopic (exact) mass is 212 g/mol. The maximum atomic E-state index is 11.5. The number of amides is 1. The van der Waals surface area contributed by atoms with E-state index in [0.29, 0.717) is 12.6 Å². The summed E-state index contributed by atoms with van der Waals surface area (Å²) < 4.78 is 0. The molecular weight excluding hydrogens is 188 g/mol. The fraction of sp³-hybridized carbons (Fsp3) is 0.917. The van der Waals surface area contributed by atoms with Crippen molar-refractivity contribution in [2.24, 2.45) is 0 Å². The minimum atomic E-state index is 0.150. The van der Waals surface area contributed by atoms with Crippen LogP contribution in [-0.2, 0) is 4.79 Å². The van der Waals surface area contributed by atoms with Gasteiger partial charge in [-0.25, -0.2) is 0 Å². The number of hydrogen-bond donors (Lipinski definition) is 2. The third-order valence-electron chi connectivity index (χ3n) is 3.60. The average molecular weight is 212 g/mol. The van der Waals surface area contributed by atoms with Gasteiger partial charge >= 0.3 is 0 Å². The molecule has 3 nitrogen and oxygen atoms in total. The smallest absolute Gasteiger partial charge is 0.234 e. The van der Waals surface area contributed by atoms with Gasteiger partial charge in [-0.1, -0.05) is 20.8 Å². The van der Waals surface area contributed by atoms with E-state index in [1.165, 1.54) is 0 Å². The van der Waals surface area contributed by atoms with Crippen LogP contribution in [0.1, 0.15) is 52.9 Å². The normalized spacial score (nSPS) is 16.5. The molecule has 0 heterocycles. The average Bonchev–Trinajstić information content (AvgIpc) is 3.05. The molecule has 0 aliphatic heterocycles. The molecule has 0 unspecified atom stereocenters. The summed E-state index contributed by atoms with van der Waals surface area (Å²) in [5, 5.41) is 6.40. The first-order chi connectivity index (χ1) is 7.15. The van der Waals surface area contributed by atoms with Gasteiger partial charge in [0.15, 0.2) is 0 Å². The molecule has 0 aromatic heterocycles. The van der Waals surface area contributed by atoms with Crippen LogP contribution >= 0.6 is 0 Å². The molecule has 0 atom stereocenters. The van der Waals surface area contributed by atoms with E-state index in [1.807, 2.05) is 0 Å². The van der Waals surface area contributed by atoms with Gasteiger partial charge in [-0.15, -0.1) is 0 Å². The Hall–Kier alpha value is -0.570. The number of rotatable bonds is 7. The molecule has 0 spiro atoms. The molecule has 1 fully saturated rings. The van der Waals surface area contributed by atoms with E-state index in [-0.39, 0.29) is 11.4 Å². The summed E-state index contributed by atoms with van der Waals surface area (Å²) in [6.07, 6.45) is 5.56. The maximum absolute atomic E-state index is 11.5. The summed E-state index contributed by atoms with van der Waals surface area (Å²) in [7, 11) is 0. The van der Waals surface area contributed by atoms with E-state index in [4.69, 9.17) is 0 Å². The zero-order chi connectivity index (χ0) is 11.3. The summed E-state index contributed by atoms with van der Waals surface area (Å²) in [6, 6.07) is 0.471. The van der Waals surface area contributed by atoms with Crippen molar-refractivity contribution in [3.05, 3.63) is 0 Å². The van der Waals surface area contributed by atoms with Crippen molar-refractivity contribution in [2.45, 2.75) is 64.5 Å². The van der Waals surface area contributed by atoms with Crippen LogP contribution in [0.25, 0.3) is 0 Å². The van der Waals surface area contributed by atoms with Crippen LogP contribution < -0.4 is 10.6 Å². The molecule has 2 N–H and O–H groups in total. The summed E-state index contributed by atoms with van der Waals surface area (Å²) in [5.41, 5.74) is 0.154. The quantitative estimate of drug-likeness (QED) is 0.676. The Balaban J connectivity index is 2.28. The van der Waals surface area contributed by atoms with Crippen LogP contribution in [0.15, 0.2) is 0 Å². The van der Waals surface area contributed by atoms with Gasteiger partial charge in [0.25, 0.3) is 0 Å². The first kappa shape index (κ1) is 12.5. The lowest BCUT2D eigenvalue weighted by atomic mass is 9.90. The van der Waals surface area contributed by atoms with E-state index < -0.39 is 0 Å². The van der Waals surface area contributed by atoms with E-state index in [1.54, 1.807) is 0 Å². The Kier molecular flexibility index (Phi) is 4.58. The van der Waals surface area contributed by atoms with Crippen molar-refractivity contribution in [2.75, 3.05) is 6.54 Å². The first-order valence-electron chi connectivity index (χ1n) is 6.20. The summed E-state index contributed by atoms with van der Waals surface area (Å²) >= 11 is 0. The molecule has 1 rings (SSSR count). The van der Waals surface area contributed by atoms with Crippen LogP contribution in [0, 0.1) is 0 Å². The Bertz CT molecular complexity index is 199. The highest BCUT2D eigenvalue weighted by Crippen LogP contribution is 2.20. The molecule has 0 bridgehead atoms. The molecule has 0 aromatic rings. The van der Waals surface area contributed by atoms with Gasteiger partial charge in [0.2, 0.25) is 5.91 Å². The molecule has 1 saturated carbocycles. The number of hydrogen-bond acceptors (Lipinski definition) is 2. The van der Waals surface area contributed by atoms with Crippen LogP contribution in [0.5, 0.6) is 0 Å². The molecule has 1 aliphatic carbocycles. The van der Waals surface area contributed by atoms with Crippen molar-refractivity contribution in [3.8, 4) is 0 Å². The van der Waals surface area contributed by atoms with E-state index in [9.17, 15) is 4.79 Å². The highest BCUT2D eigenvalue weighted by atomic mass is 16.2. The highest BCUT2D eigenvalue weighted by Gasteiger charge is 2.26. The summed E-state index contributed by atoms with van der Waals surface area (Å²) in [4.78, 5) is 11.5. The Labute approximate surface area is 93.0 Å². The zero-order valence-corrected chi connectivity index (χ0v) is 10.2. The second-order valence-electron chi connectivity index (χ2n) is 4.54. The predicted molar refractivity (Wildman–Crippen MR) is 62.8 cm³/mol. The van der Waals surface area contributed by atoms with Gasteiger partial charge < -0.3 is 10.6 Å². The third-order valence-corrected chi connectivity index (χ3v) is 3.60. The molecule has 1 amide bonds. The van der Waals surface area contributed by atoms with E-state index in [0.717, 1.165) is 32.1 Å². The summed E-state index contributed by atoms with van der Waals surface area (Å²) in [5.74, 6) is 0.150. The van der Waals surface area contributed by atoms with E-state index in [2.05, 4.69) is 31.4 Å². The standard InChI is InChI=1S/C12H24N2O/c1-4-12(5-2,6-3)13-9-11(15)14-10-7-8-10/h10,13H,4-9H2,1-3H3,(H,14,15). The fourth-order valence-electron chi connectivity index (χ4n) is 1.90. The van der Waals surface area contributed by atoms with Gasteiger partial charge in [-0.3, -0.25) is 4.79 Å². The van der Waals surface area contributed by atoms with Gasteiger partial charge in [0, 0.05) is 11.6 Å². The van der Waals surface area contributed by atoms with Crippen molar-refractivity contribution in [1.29, 1.82) is 0 Å². The molecule has 1 aliphatic rings. The van der Waals surface area contributed by atoms with Gasteiger partial charge in [0.05, 0.1) is 6.54 Å². The van der Waals surface area contributed by atoms with Crippen LogP contribution in [-0.4, -0.2) is 24.0 Å². The highest BCUT2D eigenvalue weighted by molar-refractivity contribution is 5.78. The largest absolute Gasteiger partial charge is 0.352 e. The third kappa shape index (κ3) is 3.82. The zero-order valence-electron chi connectivity index (χ0n) is 10.2. The Morgan fingerprint density at radius 3 is 2.13 bits per heavy atom. The minimum absolute atomic E-state index is 0.150. The predicted octanol–water partition coefficient (Wildman–Crippen LogP) is 1.82. The Morgan fingerprint density at radius 1 is 1.20 bits per heavy atom. The molecule has 15 heavy (non-hydrogen) atoms. The van der Waals surface area contributed by atoms with Gasteiger partial charge in [0.1, 0.15) is 0 Å². The maximum Gasteiger partial charge on any atom is 0.234 e. The van der Waals surface area contributed by atoms with Gasteiger partial charge in [-0.05, 0) is 32.1 Å².